The Morgan fingerprint density at radius 2 is 1.64 bits per heavy atom. The van der Waals surface area contributed by atoms with Crippen LogP contribution >= 0.6 is 11.6 Å². The zero-order chi connectivity index (χ0) is 24.1. The number of hydrogen-bond acceptors (Lipinski definition) is 6. The Labute approximate surface area is 211 Å². The van der Waals surface area contributed by atoms with Gasteiger partial charge in [-0.2, -0.15) is 10.1 Å². The van der Waals surface area contributed by atoms with Gasteiger partial charge in [0.1, 0.15) is 6.10 Å². The molecular formula is C27H22ClN5O3. The minimum atomic E-state index is -0.186. The Balaban J connectivity index is 1.12. The summed E-state index contributed by atoms with van der Waals surface area (Å²) in [7, 11) is 0. The lowest BCUT2D eigenvalue weighted by Gasteiger charge is -2.15. The minimum Gasteiger partial charge on any atom is -0.456 e. The fourth-order valence-electron chi connectivity index (χ4n) is 4.91. The van der Waals surface area contributed by atoms with E-state index in [2.05, 4.69) is 56.6 Å². The molecule has 2 saturated heterocycles. The third kappa shape index (κ3) is 3.83. The second-order valence-corrected chi connectivity index (χ2v) is 9.42. The maximum absolute atomic E-state index is 6.61. The molecule has 180 valence electrons. The molecule has 0 spiro atoms. The van der Waals surface area contributed by atoms with Crippen molar-refractivity contribution < 1.29 is 14.2 Å². The molecule has 2 aliphatic rings. The van der Waals surface area contributed by atoms with Crippen molar-refractivity contribution >= 4 is 22.8 Å². The Hall–Kier alpha value is -3.72. The predicted octanol–water partition coefficient (Wildman–Crippen LogP) is 5.27. The molecule has 0 bridgehead atoms. The normalized spacial score (nSPS) is 21.2. The number of H-pyrrole nitrogens is 2. The van der Waals surface area contributed by atoms with Crippen LogP contribution in [0.1, 0.15) is 6.42 Å². The molecule has 2 fully saturated rings. The number of pyridine rings is 1. The summed E-state index contributed by atoms with van der Waals surface area (Å²) in [4.78, 5) is 12.4. The van der Waals surface area contributed by atoms with E-state index in [0.29, 0.717) is 35.6 Å². The number of nitrogens with one attached hydrogen (secondary N) is 2. The number of ether oxygens (including phenoxy) is 3. The van der Waals surface area contributed by atoms with Gasteiger partial charge in [0.25, 0.3) is 6.01 Å². The van der Waals surface area contributed by atoms with Crippen molar-refractivity contribution in [3.05, 3.63) is 71.9 Å². The molecule has 0 aliphatic carbocycles. The number of imidazole rings is 1. The van der Waals surface area contributed by atoms with Crippen LogP contribution in [0.3, 0.4) is 0 Å². The molecule has 0 amide bonds. The summed E-state index contributed by atoms with van der Waals surface area (Å²) in [6, 6.07) is 20.7. The zero-order valence-corrected chi connectivity index (χ0v) is 19.9. The van der Waals surface area contributed by atoms with Gasteiger partial charge in [-0.1, -0.05) is 60.1 Å². The first-order valence-electron chi connectivity index (χ1n) is 11.9. The van der Waals surface area contributed by atoms with Gasteiger partial charge < -0.3 is 19.2 Å². The Morgan fingerprint density at radius 1 is 0.889 bits per heavy atom. The van der Waals surface area contributed by atoms with E-state index in [9.17, 15) is 0 Å². The van der Waals surface area contributed by atoms with Crippen LogP contribution in [0.5, 0.6) is 6.01 Å². The molecule has 3 aromatic heterocycles. The van der Waals surface area contributed by atoms with E-state index in [-0.39, 0.29) is 18.3 Å². The number of benzene rings is 2. The molecule has 36 heavy (non-hydrogen) atoms. The van der Waals surface area contributed by atoms with Gasteiger partial charge in [-0.3, -0.25) is 5.10 Å². The third-order valence-electron chi connectivity index (χ3n) is 6.78. The second kappa shape index (κ2) is 8.74. The molecule has 0 saturated carbocycles. The van der Waals surface area contributed by atoms with E-state index in [1.165, 1.54) is 0 Å². The topological polar surface area (TPSA) is 97.9 Å². The molecule has 9 heteroatoms. The first kappa shape index (κ1) is 21.6. The third-order valence-corrected chi connectivity index (χ3v) is 7.06. The average Bonchev–Trinajstić information content (AvgIpc) is 3.70. The molecule has 2 aliphatic heterocycles. The molecule has 7 rings (SSSR count). The summed E-state index contributed by atoms with van der Waals surface area (Å²) in [6.45, 7) is 1.19. The summed E-state index contributed by atoms with van der Waals surface area (Å²) in [5.41, 5.74) is 7.17. The van der Waals surface area contributed by atoms with Crippen molar-refractivity contribution in [2.75, 3.05) is 13.2 Å². The maximum atomic E-state index is 6.61. The van der Waals surface area contributed by atoms with Crippen molar-refractivity contribution in [1.82, 2.24) is 25.1 Å². The molecular weight excluding hydrogens is 478 g/mol. The summed E-state index contributed by atoms with van der Waals surface area (Å²) in [5, 5.41) is 7.54. The first-order valence-corrected chi connectivity index (χ1v) is 12.3. The molecule has 3 atom stereocenters. The van der Waals surface area contributed by atoms with E-state index >= 15 is 0 Å². The Morgan fingerprint density at radius 3 is 2.39 bits per heavy atom. The SMILES string of the molecule is Clc1cc2[nH]c(OC3COC4CCOC43)nc2nc1-c1ccc(-c2ccc(-c3ccn[nH]3)cc2)cc1. The lowest BCUT2D eigenvalue weighted by atomic mass is 10.0. The summed E-state index contributed by atoms with van der Waals surface area (Å²) in [6.07, 6.45) is 2.52. The van der Waals surface area contributed by atoms with E-state index in [1.54, 1.807) is 6.20 Å². The number of fused-ring (bicyclic) bond motifs is 2. The molecule has 2 N–H and O–H groups in total. The quantitative estimate of drug-likeness (QED) is 0.342. The molecule has 5 heterocycles. The van der Waals surface area contributed by atoms with Crippen LogP contribution in [-0.4, -0.2) is 56.7 Å². The van der Waals surface area contributed by atoms with Crippen LogP contribution in [0, 0.1) is 0 Å². The van der Waals surface area contributed by atoms with Crippen molar-refractivity contribution in [2.24, 2.45) is 0 Å². The van der Waals surface area contributed by atoms with Gasteiger partial charge in [0, 0.05) is 18.4 Å². The zero-order valence-electron chi connectivity index (χ0n) is 19.1. The van der Waals surface area contributed by atoms with Crippen LogP contribution in [0.25, 0.3) is 44.8 Å². The van der Waals surface area contributed by atoms with E-state index in [4.69, 9.17) is 30.8 Å². The van der Waals surface area contributed by atoms with Gasteiger partial charge in [0.2, 0.25) is 0 Å². The summed E-state index contributed by atoms with van der Waals surface area (Å²) >= 11 is 6.61. The molecule has 5 aromatic rings. The lowest BCUT2D eigenvalue weighted by Crippen LogP contribution is -2.32. The minimum absolute atomic E-state index is 0.0504. The smallest absolute Gasteiger partial charge is 0.296 e. The van der Waals surface area contributed by atoms with Crippen LogP contribution < -0.4 is 4.74 Å². The second-order valence-electron chi connectivity index (χ2n) is 9.01. The Kier molecular flexibility index (Phi) is 5.23. The van der Waals surface area contributed by atoms with Crippen LogP contribution in [0.15, 0.2) is 66.9 Å². The monoisotopic (exact) mass is 499 g/mol. The molecule has 3 unspecified atom stereocenters. The van der Waals surface area contributed by atoms with Gasteiger partial charge in [-0.15, -0.1) is 0 Å². The van der Waals surface area contributed by atoms with Gasteiger partial charge in [-0.25, -0.2) is 4.98 Å². The first-order chi connectivity index (χ1) is 17.7. The summed E-state index contributed by atoms with van der Waals surface area (Å²) in [5.74, 6) is 0. The van der Waals surface area contributed by atoms with Gasteiger partial charge in [0.15, 0.2) is 11.8 Å². The van der Waals surface area contributed by atoms with E-state index in [1.807, 2.05) is 24.3 Å². The van der Waals surface area contributed by atoms with Crippen molar-refractivity contribution in [3.8, 4) is 39.7 Å². The number of halogens is 1. The number of rotatable bonds is 5. The molecule has 2 aromatic carbocycles. The van der Waals surface area contributed by atoms with Crippen LogP contribution in [-0.2, 0) is 9.47 Å². The van der Waals surface area contributed by atoms with Crippen LogP contribution in [0.4, 0.5) is 0 Å². The van der Waals surface area contributed by atoms with E-state index in [0.717, 1.165) is 39.9 Å². The van der Waals surface area contributed by atoms with Crippen molar-refractivity contribution in [1.29, 1.82) is 0 Å². The van der Waals surface area contributed by atoms with Gasteiger partial charge >= 0.3 is 0 Å². The highest BCUT2D eigenvalue weighted by molar-refractivity contribution is 6.33. The standard InChI is InChI=1S/C27H22ClN5O3/c28-19-13-21-26(32-27(30-21)36-23-14-35-22-10-12-34-25(22)23)31-24(19)18-7-3-16(4-8-18)15-1-5-17(6-2-15)20-9-11-29-33-20/h1-9,11,13,22-23,25H,10,12,14H2,(H,29,33)(H,30,31,32). The fraction of sp³-hybridized carbons (Fsp3) is 0.222. The molecule has 0 radical (unpaired) electrons. The number of aromatic amines is 2. The van der Waals surface area contributed by atoms with Crippen LogP contribution in [0.2, 0.25) is 5.02 Å². The summed E-state index contributed by atoms with van der Waals surface area (Å²) < 4.78 is 17.6. The lowest BCUT2D eigenvalue weighted by molar-refractivity contribution is 0.0273. The average molecular weight is 500 g/mol. The number of nitrogens with zero attached hydrogens (tertiary/aromatic N) is 3. The maximum Gasteiger partial charge on any atom is 0.296 e. The van der Waals surface area contributed by atoms with E-state index < -0.39 is 0 Å². The van der Waals surface area contributed by atoms with Gasteiger partial charge in [0.05, 0.1) is 34.6 Å². The highest BCUT2D eigenvalue weighted by atomic mass is 35.5. The highest BCUT2D eigenvalue weighted by Gasteiger charge is 2.43. The van der Waals surface area contributed by atoms with Crippen molar-refractivity contribution in [3.63, 3.8) is 0 Å². The number of hydrogen-bond donors (Lipinski definition) is 2. The Bertz CT molecular complexity index is 1520. The highest BCUT2D eigenvalue weighted by Crippen LogP contribution is 2.33. The van der Waals surface area contributed by atoms with Gasteiger partial charge in [-0.05, 0) is 35.2 Å². The largest absolute Gasteiger partial charge is 0.456 e. The predicted molar refractivity (Wildman–Crippen MR) is 136 cm³/mol. The number of aromatic nitrogens is 5. The fourth-order valence-corrected chi connectivity index (χ4v) is 5.17. The van der Waals surface area contributed by atoms with Crippen molar-refractivity contribution in [2.45, 2.75) is 24.7 Å². The molecule has 8 nitrogen and oxygen atoms in total.